The van der Waals surface area contributed by atoms with Crippen LogP contribution in [0.1, 0.15) is 23.7 Å². The molecular formula is C13H14F4OS. The first-order valence-electron chi connectivity index (χ1n) is 5.70. The monoisotopic (exact) mass is 294 g/mol. The van der Waals surface area contributed by atoms with Crippen molar-refractivity contribution in [2.45, 2.75) is 31.6 Å². The smallest absolute Gasteiger partial charge is 0.278 e. The van der Waals surface area contributed by atoms with E-state index in [9.17, 15) is 22.4 Å². The van der Waals surface area contributed by atoms with Crippen LogP contribution in [0.5, 0.6) is 0 Å². The van der Waals surface area contributed by atoms with Crippen LogP contribution < -0.4 is 0 Å². The summed E-state index contributed by atoms with van der Waals surface area (Å²) in [6.07, 6.45) is -5.52. The summed E-state index contributed by atoms with van der Waals surface area (Å²) in [5.41, 5.74) is 0.445. The molecule has 106 valence electrons. The van der Waals surface area contributed by atoms with E-state index in [4.69, 9.17) is 0 Å². The van der Waals surface area contributed by atoms with E-state index < -0.39 is 24.7 Å². The van der Waals surface area contributed by atoms with Crippen LogP contribution in [0.15, 0.2) is 30.3 Å². The van der Waals surface area contributed by atoms with Gasteiger partial charge in [0.15, 0.2) is 6.17 Å². The lowest BCUT2D eigenvalue weighted by Crippen LogP contribution is -2.35. The zero-order chi connectivity index (χ0) is 14.5. The van der Waals surface area contributed by atoms with Crippen molar-refractivity contribution in [3.05, 3.63) is 35.9 Å². The molecule has 0 saturated carbocycles. The van der Waals surface area contributed by atoms with Crippen molar-refractivity contribution in [2.75, 3.05) is 5.75 Å². The van der Waals surface area contributed by atoms with Crippen molar-refractivity contribution >= 4 is 16.9 Å². The average molecular weight is 294 g/mol. The van der Waals surface area contributed by atoms with Gasteiger partial charge in [0.25, 0.3) is 5.92 Å². The predicted octanol–water partition coefficient (Wildman–Crippen LogP) is 4.28. The normalized spacial score (nSPS) is 15.0. The van der Waals surface area contributed by atoms with Crippen LogP contribution in [-0.4, -0.2) is 29.1 Å². The fourth-order valence-corrected chi connectivity index (χ4v) is 2.22. The molecule has 2 atom stereocenters. The van der Waals surface area contributed by atoms with Crippen LogP contribution in [0.25, 0.3) is 0 Å². The van der Waals surface area contributed by atoms with Crippen molar-refractivity contribution in [1.82, 2.24) is 0 Å². The summed E-state index contributed by atoms with van der Waals surface area (Å²) in [4.78, 5) is 11.6. The highest BCUT2D eigenvalue weighted by Crippen LogP contribution is 2.27. The van der Waals surface area contributed by atoms with E-state index in [1.54, 1.807) is 30.3 Å². The zero-order valence-corrected chi connectivity index (χ0v) is 11.1. The Hall–Kier alpha value is -1.04. The van der Waals surface area contributed by atoms with Crippen molar-refractivity contribution in [3.63, 3.8) is 0 Å². The van der Waals surface area contributed by atoms with E-state index in [1.165, 1.54) is 0 Å². The lowest BCUT2D eigenvalue weighted by molar-refractivity contribution is -0.0843. The van der Waals surface area contributed by atoms with Gasteiger partial charge in [0.2, 0.25) is 5.12 Å². The lowest BCUT2D eigenvalue weighted by atomic mass is 10.1. The maximum Gasteiger partial charge on any atom is 0.278 e. The lowest BCUT2D eigenvalue weighted by Gasteiger charge is -2.19. The van der Waals surface area contributed by atoms with Gasteiger partial charge in [-0.1, -0.05) is 42.1 Å². The third-order valence-electron chi connectivity index (χ3n) is 2.44. The second-order valence-corrected chi connectivity index (χ2v) is 5.23. The maximum absolute atomic E-state index is 13.2. The van der Waals surface area contributed by atoms with Gasteiger partial charge >= 0.3 is 0 Å². The van der Waals surface area contributed by atoms with E-state index in [0.717, 1.165) is 11.8 Å². The highest BCUT2D eigenvalue weighted by atomic mass is 32.2. The van der Waals surface area contributed by atoms with Gasteiger partial charge in [0, 0.05) is 18.2 Å². The molecule has 0 aromatic heterocycles. The van der Waals surface area contributed by atoms with Crippen LogP contribution in [0.2, 0.25) is 0 Å². The highest BCUT2D eigenvalue weighted by Gasteiger charge is 2.40. The summed E-state index contributed by atoms with van der Waals surface area (Å²) in [5.74, 6) is -3.74. The van der Waals surface area contributed by atoms with Crippen LogP contribution in [0.3, 0.4) is 0 Å². The molecule has 0 radical (unpaired) electrons. The van der Waals surface area contributed by atoms with Gasteiger partial charge < -0.3 is 0 Å². The van der Waals surface area contributed by atoms with E-state index in [-0.39, 0.29) is 10.9 Å². The number of halogens is 4. The summed E-state index contributed by atoms with van der Waals surface area (Å²) in [6.45, 7) is 0.340. The van der Waals surface area contributed by atoms with Gasteiger partial charge in [-0.2, -0.15) is 0 Å². The van der Waals surface area contributed by atoms with Crippen molar-refractivity contribution in [3.8, 4) is 0 Å². The molecule has 0 bridgehead atoms. The Kier molecular flexibility index (Phi) is 5.85. The zero-order valence-electron chi connectivity index (χ0n) is 10.3. The number of hydrogen-bond acceptors (Lipinski definition) is 2. The van der Waals surface area contributed by atoms with Crippen LogP contribution in [0.4, 0.5) is 17.6 Å². The average Bonchev–Trinajstić information content (AvgIpc) is 2.37. The van der Waals surface area contributed by atoms with E-state index in [0.29, 0.717) is 12.5 Å². The largest absolute Gasteiger partial charge is 0.282 e. The molecule has 0 amide bonds. The Morgan fingerprint density at radius 1 is 1.26 bits per heavy atom. The third kappa shape index (κ3) is 5.22. The molecule has 6 heteroatoms. The van der Waals surface area contributed by atoms with Crippen LogP contribution >= 0.6 is 11.8 Å². The molecule has 0 heterocycles. The summed E-state index contributed by atoms with van der Waals surface area (Å²) < 4.78 is 51.2. The first-order valence-corrected chi connectivity index (χ1v) is 6.69. The fourth-order valence-electron chi connectivity index (χ4n) is 1.39. The van der Waals surface area contributed by atoms with Crippen molar-refractivity contribution < 1.29 is 22.4 Å². The third-order valence-corrected chi connectivity index (χ3v) is 3.38. The molecule has 0 spiro atoms. The molecule has 0 aliphatic rings. The van der Waals surface area contributed by atoms with Gasteiger partial charge in [-0.3, -0.25) is 4.79 Å². The Morgan fingerprint density at radius 3 is 2.37 bits per heavy atom. The summed E-state index contributed by atoms with van der Waals surface area (Å²) >= 11 is 0.795. The van der Waals surface area contributed by atoms with Gasteiger partial charge in [-0.25, -0.2) is 17.6 Å². The first-order chi connectivity index (χ1) is 8.82. The molecule has 19 heavy (non-hydrogen) atoms. The molecular weight excluding hydrogens is 280 g/mol. The number of hydrogen-bond donors (Lipinski definition) is 0. The number of carbonyl (C=O) groups is 1. The van der Waals surface area contributed by atoms with E-state index in [1.807, 2.05) is 0 Å². The number of alkyl halides is 4. The molecule has 1 rings (SSSR count). The molecule has 0 aliphatic carbocycles. The van der Waals surface area contributed by atoms with Crippen LogP contribution in [0, 0.1) is 0 Å². The molecule has 0 saturated heterocycles. The predicted molar refractivity (Wildman–Crippen MR) is 68.3 cm³/mol. The second-order valence-electron chi connectivity index (χ2n) is 4.16. The fraction of sp³-hybridized carbons (Fsp3) is 0.462. The minimum Gasteiger partial charge on any atom is -0.282 e. The molecule has 0 N–H and O–H groups in total. The van der Waals surface area contributed by atoms with Crippen molar-refractivity contribution in [2.24, 2.45) is 0 Å². The van der Waals surface area contributed by atoms with E-state index >= 15 is 0 Å². The Bertz CT molecular complexity index is 405. The second kappa shape index (κ2) is 6.93. The Labute approximate surface area is 113 Å². The molecule has 0 fully saturated rings. The van der Waals surface area contributed by atoms with Gasteiger partial charge in [-0.05, 0) is 6.42 Å². The van der Waals surface area contributed by atoms with Crippen molar-refractivity contribution in [1.29, 1.82) is 0 Å². The summed E-state index contributed by atoms with van der Waals surface area (Å²) in [6, 6.07) is 8.30. The molecule has 2 unspecified atom stereocenters. The number of thioether (sulfide) groups is 1. The molecule has 1 aromatic carbocycles. The Balaban J connectivity index is 2.37. The number of carbonyl (C=O) groups excluding carboxylic acids is 1. The highest BCUT2D eigenvalue weighted by molar-refractivity contribution is 8.14. The quantitative estimate of drug-likeness (QED) is 0.728. The standard InChI is InChI=1S/C13H14F4OS/c1-13(16,17)11(15)10(14)7-8-19-12(18)9-5-3-2-4-6-9/h2-6,10-11H,7-8H2,1H3. The summed E-state index contributed by atoms with van der Waals surface area (Å²) in [7, 11) is 0. The van der Waals surface area contributed by atoms with Gasteiger partial charge in [0.1, 0.15) is 6.17 Å². The number of rotatable bonds is 6. The molecule has 1 aromatic rings. The topological polar surface area (TPSA) is 17.1 Å². The minimum atomic E-state index is -3.70. The van der Waals surface area contributed by atoms with Gasteiger partial charge in [0.05, 0.1) is 0 Å². The minimum absolute atomic E-state index is 0.0363. The first kappa shape index (κ1) is 16.0. The van der Waals surface area contributed by atoms with E-state index in [2.05, 4.69) is 0 Å². The number of benzene rings is 1. The SMILES string of the molecule is CC(F)(F)C(F)C(F)CCSC(=O)c1ccccc1. The molecule has 0 aliphatic heterocycles. The Morgan fingerprint density at radius 2 is 1.84 bits per heavy atom. The summed E-state index contributed by atoms with van der Waals surface area (Å²) in [5, 5.41) is -0.286. The van der Waals surface area contributed by atoms with Gasteiger partial charge in [-0.15, -0.1) is 0 Å². The maximum atomic E-state index is 13.2. The molecule has 1 nitrogen and oxygen atoms in total. The van der Waals surface area contributed by atoms with Crippen LogP contribution in [-0.2, 0) is 0 Å².